The maximum absolute atomic E-state index is 13.0. The molecule has 1 fully saturated rings. The molecule has 0 aromatic heterocycles. The van der Waals surface area contributed by atoms with Gasteiger partial charge in [0.15, 0.2) is 11.5 Å². The number of methoxy groups -OCH3 is 3. The van der Waals surface area contributed by atoms with Gasteiger partial charge in [-0.15, -0.1) is 0 Å². The summed E-state index contributed by atoms with van der Waals surface area (Å²) in [4.78, 5) is 27.8. The molecule has 0 bridgehead atoms. The normalized spacial score (nSPS) is 15.1. The summed E-state index contributed by atoms with van der Waals surface area (Å²) in [5.41, 5.74) is 0.356. The Morgan fingerprint density at radius 2 is 1.57 bits per heavy atom. The minimum atomic E-state index is -0.551. The monoisotopic (exact) mass is 392 g/mol. The summed E-state index contributed by atoms with van der Waals surface area (Å²) >= 11 is 0. The molecule has 1 aliphatic rings. The fourth-order valence-electron chi connectivity index (χ4n) is 3.48. The van der Waals surface area contributed by atoms with Crippen molar-refractivity contribution in [1.29, 1.82) is 0 Å². The van der Waals surface area contributed by atoms with Crippen LogP contribution < -0.4 is 19.5 Å². The summed E-state index contributed by atoms with van der Waals surface area (Å²) in [6.45, 7) is 5.60. The number of hydrogen-bond donors (Lipinski definition) is 1. The van der Waals surface area contributed by atoms with E-state index in [0.717, 1.165) is 32.4 Å². The fourth-order valence-corrected chi connectivity index (χ4v) is 3.48. The van der Waals surface area contributed by atoms with Crippen molar-refractivity contribution in [2.24, 2.45) is 5.92 Å². The minimum Gasteiger partial charge on any atom is -0.493 e. The van der Waals surface area contributed by atoms with E-state index in [0.29, 0.717) is 29.2 Å². The van der Waals surface area contributed by atoms with Crippen LogP contribution in [0.3, 0.4) is 0 Å². The van der Waals surface area contributed by atoms with Crippen molar-refractivity contribution < 1.29 is 23.8 Å². The molecule has 2 amide bonds. The van der Waals surface area contributed by atoms with Gasteiger partial charge in [-0.1, -0.05) is 13.8 Å². The average Bonchev–Trinajstić information content (AvgIpc) is 2.71. The highest BCUT2D eigenvalue weighted by Crippen LogP contribution is 2.38. The van der Waals surface area contributed by atoms with Crippen LogP contribution in [0.15, 0.2) is 12.1 Å². The number of benzene rings is 1. The first-order valence-corrected chi connectivity index (χ1v) is 9.80. The van der Waals surface area contributed by atoms with Crippen LogP contribution in [-0.4, -0.2) is 57.2 Å². The van der Waals surface area contributed by atoms with Crippen LogP contribution in [0, 0.1) is 5.92 Å². The van der Waals surface area contributed by atoms with Crippen molar-refractivity contribution in [2.75, 3.05) is 34.4 Å². The number of piperidine rings is 1. The van der Waals surface area contributed by atoms with E-state index in [4.69, 9.17) is 14.2 Å². The van der Waals surface area contributed by atoms with E-state index in [1.54, 1.807) is 12.1 Å². The van der Waals surface area contributed by atoms with E-state index in [9.17, 15) is 9.59 Å². The van der Waals surface area contributed by atoms with Gasteiger partial charge in [0.05, 0.1) is 21.3 Å². The van der Waals surface area contributed by atoms with Crippen molar-refractivity contribution in [3.63, 3.8) is 0 Å². The molecule has 156 valence electrons. The first-order chi connectivity index (χ1) is 13.4. The van der Waals surface area contributed by atoms with Gasteiger partial charge in [0.1, 0.15) is 6.04 Å². The van der Waals surface area contributed by atoms with Gasteiger partial charge >= 0.3 is 0 Å². The molecule has 0 saturated carbocycles. The molecule has 0 radical (unpaired) electrons. The van der Waals surface area contributed by atoms with E-state index in [-0.39, 0.29) is 17.7 Å². The Balaban J connectivity index is 2.23. The first-order valence-electron chi connectivity index (χ1n) is 9.80. The zero-order chi connectivity index (χ0) is 20.7. The third kappa shape index (κ3) is 5.30. The summed E-state index contributed by atoms with van der Waals surface area (Å²) in [6, 6.07) is 2.63. The highest BCUT2D eigenvalue weighted by atomic mass is 16.5. The Labute approximate surface area is 167 Å². The van der Waals surface area contributed by atoms with Crippen LogP contribution in [0.4, 0.5) is 0 Å². The molecule has 1 aromatic rings. The summed E-state index contributed by atoms with van der Waals surface area (Å²) in [5.74, 6) is 1.15. The Morgan fingerprint density at radius 1 is 1.00 bits per heavy atom. The second-order valence-electron chi connectivity index (χ2n) is 7.46. The van der Waals surface area contributed by atoms with Crippen molar-refractivity contribution in [2.45, 2.75) is 45.6 Å². The van der Waals surface area contributed by atoms with Crippen LogP contribution in [0.2, 0.25) is 0 Å². The van der Waals surface area contributed by atoms with Crippen LogP contribution in [-0.2, 0) is 4.79 Å². The average molecular weight is 392 g/mol. The molecule has 7 nitrogen and oxygen atoms in total. The maximum Gasteiger partial charge on any atom is 0.252 e. The highest BCUT2D eigenvalue weighted by molar-refractivity contribution is 5.98. The lowest BCUT2D eigenvalue weighted by Crippen LogP contribution is -2.50. The fraction of sp³-hybridized carbons (Fsp3) is 0.619. The van der Waals surface area contributed by atoms with E-state index in [1.165, 1.54) is 21.3 Å². The predicted octanol–water partition coefficient (Wildman–Crippen LogP) is 2.87. The predicted molar refractivity (Wildman–Crippen MR) is 107 cm³/mol. The number of nitrogens with zero attached hydrogens (tertiary/aromatic N) is 1. The number of amides is 2. The summed E-state index contributed by atoms with van der Waals surface area (Å²) in [6.07, 6.45) is 3.77. The van der Waals surface area contributed by atoms with Gasteiger partial charge in [-0.25, -0.2) is 0 Å². The quantitative estimate of drug-likeness (QED) is 0.736. The van der Waals surface area contributed by atoms with Gasteiger partial charge in [-0.3, -0.25) is 9.59 Å². The molecule has 7 heteroatoms. The van der Waals surface area contributed by atoms with Crippen molar-refractivity contribution in [3.05, 3.63) is 17.7 Å². The molecule has 0 unspecified atom stereocenters. The molecule has 28 heavy (non-hydrogen) atoms. The van der Waals surface area contributed by atoms with E-state index < -0.39 is 6.04 Å². The highest BCUT2D eigenvalue weighted by Gasteiger charge is 2.28. The van der Waals surface area contributed by atoms with Gasteiger partial charge < -0.3 is 24.4 Å². The molecule has 1 N–H and O–H groups in total. The SMILES string of the molecule is COc1cc(C(=O)N[C@H](CC(C)C)C(=O)N2CCCCC2)cc(OC)c1OC. The number of ether oxygens (including phenoxy) is 3. The van der Waals surface area contributed by atoms with Gasteiger partial charge in [0, 0.05) is 18.7 Å². The van der Waals surface area contributed by atoms with Gasteiger partial charge in [-0.2, -0.15) is 0 Å². The van der Waals surface area contributed by atoms with Gasteiger partial charge in [0.25, 0.3) is 5.91 Å². The number of rotatable bonds is 8. The second kappa shape index (κ2) is 10.2. The third-order valence-corrected chi connectivity index (χ3v) is 4.91. The van der Waals surface area contributed by atoms with Crippen LogP contribution in [0.5, 0.6) is 17.2 Å². The van der Waals surface area contributed by atoms with Crippen LogP contribution in [0.1, 0.15) is 49.9 Å². The third-order valence-electron chi connectivity index (χ3n) is 4.91. The molecule has 1 aliphatic heterocycles. The minimum absolute atomic E-state index is 0.00538. The standard InChI is InChI=1S/C21H32N2O5/c1-14(2)11-16(21(25)23-9-7-6-8-10-23)22-20(24)15-12-17(26-3)19(28-5)18(13-15)27-4/h12-14,16H,6-11H2,1-5H3,(H,22,24)/t16-/m1/s1. The van der Waals surface area contributed by atoms with E-state index >= 15 is 0 Å². The van der Waals surface area contributed by atoms with Gasteiger partial charge in [-0.05, 0) is 43.7 Å². The lowest BCUT2D eigenvalue weighted by atomic mass is 10.0. The second-order valence-corrected chi connectivity index (χ2v) is 7.46. The van der Waals surface area contributed by atoms with E-state index in [1.807, 2.05) is 18.7 Å². The lowest BCUT2D eigenvalue weighted by molar-refractivity contribution is -0.134. The Morgan fingerprint density at radius 3 is 2.04 bits per heavy atom. The van der Waals surface area contributed by atoms with Crippen molar-refractivity contribution in [1.82, 2.24) is 10.2 Å². The Bertz CT molecular complexity index is 658. The number of likely N-dealkylation sites (tertiary alicyclic amines) is 1. The maximum atomic E-state index is 13.0. The number of nitrogens with one attached hydrogen (secondary N) is 1. The zero-order valence-corrected chi connectivity index (χ0v) is 17.5. The largest absolute Gasteiger partial charge is 0.493 e. The zero-order valence-electron chi connectivity index (χ0n) is 17.5. The Kier molecular flexibility index (Phi) is 7.96. The van der Waals surface area contributed by atoms with E-state index in [2.05, 4.69) is 5.32 Å². The lowest BCUT2D eigenvalue weighted by Gasteiger charge is -2.31. The van der Waals surface area contributed by atoms with Crippen molar-refractivity contribution in [3.8, 4) is 17.2 Å². The smallest absolute Gasteiger partial charge is 0.252 e. The summed E-state index contributed by atoms with van der Waals surface area (Å²) in [7, 11) is 4.51. The molecule has 1 saturated heterocycles. The topological polar surface area (TPSA) is 77.1 Å². The number of carbonyl (C=O) groups excluding carboxylic acids is 2. The molecule has 1 heterocycles. The molecule has 0 aliphatic carbocycles. The first kappa shape index (κ1) is 21.9. The molecule has 1 aromatic carbocycles. The van der Waals surface area contributed by atoms with Crippen LogP contribution >= 0.6 is 0 Å². The molecular weight excluding hydrogens is 360 g/mol. The van der Waals surface area contributed by atoms with Crippen LogP contribution in [0.25, 0.3) is 0 Å². The Hall–Kier alpha value is -2.44. The van der Waals surface area contributed by atoms with Gasteiger partial charge in [0.2, 0.25) is 11.7 Å². The number of hydrogen-bond acceptors (Lipinski definition) is 5. The van der Waals surface area contributed by atoms with Crippen molar-refractivity contribution >= 4 is 11.8 Å². The molecular formula is C21H32N2O5. The number of carbonyl (C=O) groups is 2. The molecule has 2 rings (SSSR count). The molecule has 0 spiro atoms. The molecule has 1 atom stereocenters. The summed E-state index contributed by atoms with van der Waals surface area (Å²) in [5, 5.41) is 2.92. The summed E-state index contributed by atoms with van der Waals surface area (Å²) < 4.78 is 15.9.